The van der Waals surface area contributed by atoms with Gasteiger partial charge in [-0.15, -0.1) is 0 Å². The summed E-state index contributed by atoms with van der Waals surface area (Å²) in [5.74, 6) is 0.277. The molecule has 0 aliphatic heterocycles. The Balaban J connectivity index is 2.61. The van der Waals surface area contributed by atoms with Crippen LogP contribution < -0.4 is 5.32 Å². The molecule has 0 aliphatic carbocycles. The Hall–Kier alpha value is -1.84. The maximum Gasteiger partial charge on any atom is 0.338 e. The van der Waals surface area contributed by atoms with E-state index in [9.17, 15) is 9.59 Å². The Bertz CT molecular complexity index is 525. The topological polar surface area (TPSA) is 55.4 Å². The van der Waals surface area contributed by atoms with Crippen molar-refractivity contribution < 1.29 is 14.3 Å². The van der Waals surface area contributed by atoms with E-state index in [-0.39, 0.29) is 17.8 Å². The molecule has 1 aromatic rings. The molecule has 0 saturated carbocycles. The highest BCUT2D eigenvalue weighted by Gasteiger charge is 2.13. The molecule has 4 heteroatoms. The minimum Gasteiger partial charge on any atom is -0.462 e. The minimum absolute atomic E-state index is 0.136. The van der Waals surface area contributed by atoms with Crippen LogP contribution in [-0.4, -0.2) is 25.0 Å². The molecule has 1 aromatic carbocycles. The summed E-state index contributed by atoms with van der Waals surface area (Å²) >= 11 is 0. The molecular weight excluding hydrogens is 302 g/mol. The predicted octanol–water partition coefficient (Wildman–Crippen LogP) is 4.45. The average molecular weight is 333 g/mol. The largest absolute Gasteiger partial charge is 0.462 e. The van der Waals surface area contributed by atoms with Crippen molar-refractivity contribution in [1.29, 1.82) is 0 Å². The van der Waals surface area contributed by atoms with Gasteiger partial charge in [-0.2, -0.15) is 0 Å². The number of carbonyl (C=O) groups excluding carboxylic acids is 2. The van der Waals surface area contributed by atoms with Crippen molar-refractivity contribution in [3.05, 3.63) is 35.4 Å². The second kappa shape index (κ2) is 10.8. The predicted molar refractivity (Wildman–Crippen MR) is 97.2 cm³/mol. The maximum atomic E-state index is 12.3. The SMILES string of the molecule is CCCCC(CC)CNC(=O)c1cccc(C(=O)OCC(C)C)c1. The van der Waals surface area contributed by atoms with E-state index in [0.29, 0.717) is 30.2 Å². The van der Waals surface area contributed by atoms with E-state index in [2.05, 4.69) is 19.2 Å². The molecule has 0 saturated heterocycles. The summed E-state index contributed by atoms with van der Waals surface area (Å²) in [4.78, 5) is 24.3. The maximum absolute atomic E-state index is 12.3. The van der Waals surface area contributed by atoms with Crippen molar-refractivity contribution in [3.63, 3.8) is 0 Å². The van der Waals surface area contributed by atoms with Crippen LogP contribution in [-0.2, 0) is 4.74 Å². The molecule has 4 nitrogen and oxygen atoms in total. The van der Waals surface area contributed by atoms with Gasteiger partial charge >= 0.3 is 5.97 Å². The number of rotatable bonds is 10. The van der Waals surface area contributed by atoms with Crippen LogP contribution in [0.5, 0.6) is 0 Å². The van der Waals surface area contributed by atoms with Gasteiger partial charge in [-0.1, -0.05) is 53.0 Å². The molecule has 0 fully saturated rings. The lowest BCUT2D eigenvalue weighted by atomic mass is 9.99. The molecule has 0 bridgehead atoms. The highest BCUT2D eigenvalue weighted by atomic mass is 16.5. The third kappa shape index (κ3) is 7.16. The second-order valence-electron chi connectivity index (χ2n) is 6.70. The lowest BCUT2D eigenvalue weighted by molar-refractivity contribution is 0.0459. The second-order valence-corrected chi connectivity index (χ2v) is 6.70. The normalized spacial score (nSPS) is 12.0. The van der Waals surface area contributed by atoms with Crippen LogP contribution in [0.3, 0.4) is 0 Å². The van der Waals surface area contributed by atoms with Crippen molar-refractivity contribution in [2.45, 2.75) is 53.4 Å². The highest BCUT2D eigenvalue weighted by Crippen LogP contribution is 2.12. The number of unbranched alkanes of at least 4 members (excludes halogenated alkanes) is 1. The molecule has 1 rings (SSSR count). The van der Waals surface area contributed by atoms with Gasteiger partial charge < -0.3 is 10.1 Å². The summed E-state index contributed by atoms with van der Waals surface area (Å²) in [6.07, 6.45) is 4.55. The molecule has 0 spiro atoms. The monoisotopic (exact) mass is 333 g/mol. The first-order valence-corrected chi connectivity index (χ1v) is 9.03. The zero-order chi connectivity index (χ0) is 17.9. The first-order valence-electron chi connectivity index (χ1n) is 9.03. The highest BCUT2D eigenvalue weighted by molar-refractivity contribution is 5.97. The molecule has 1 amide bonds. The standard InChI is InChI=1S/C20H31NO3/c1-5-7-9-16(6-2)13-21-19(22)17-10-8-11-18(12-17)20(23)24-14-15(3)4/h8,10-12,15-16H,5-7,9,13-14H2,1-4H3,(H,21,22). The quantitative estimate of drug-likeness (QED) is 0.644. The number of hydrogen-bond donors (Lipinski definition) is 1. The van der Waals surface area contributed by atoms with Crippen LogP contribution in [0, 0.1) is 11.8 Å². The first kappa shape index (κ1) is 20.2. The van der Waals surface area contributed by atoms with E-state index in [1.807, 2.05) is 13.8 Å². The van der Waals surface area contributed by atoms with E-state index in [0.717, 1.165) is 12.8 Å². The van der Waals surface area contributed by atoms with Gasteiger partial charge in [-0.25, -0.2) is 4.79 Å². The zero-order valence-corrected chi connectivity index (χ0v) is 15.4. The number of nitrogens with one attached hydrogen (secondary N) is 1. The van der Waals surface area contributed by atoms with E-state index >= 15 is 0 Å². The molecule has 1 atom stereocenters. The number of esters is 1. The van der Waals surface area contributed by atoms with E-state index in [4.69, 9.17) is 4.74 Å². The summed E-state index contributed by atoms with van der Waals surface area (Å²) in [6.45, 7) is 9.36. The van der Waals surface area contributed by atoms with Crippen molar-refractivity contribution in [3.8, 4) is 0 Å². The Morgan fingerprint density at radius 3 is 2.50 bits per heavy atom. The van der Waals surface area contributed by atoms with Gasteiger partial charge in [0.2, 0.25) is 0 Å². The van der Waals surface area contributed by atoms with Gasteiger partial charge in [0.05, 0.1) is 12.2 Å². The summed E-state index contributed by atoms with van der Waals surface area (Å²) in [5.41, 5.74) is 0.917. The minimum atomic E-state index is -0.382. The molecule has 0 aliphatic rings. The van der Waals surface area contributed by atoms with Gasteiger partial charge in [0.25, 0.3) is 5.91 Å². The van der Waals surface area contributed by atoms with Crippen LogP contribution in [0.4, 0.5) is 0 Å². The summed E-state index contributed by atoms with van der Waals surface area (Å²) < 4.78 is 5.21. The van der Waals surface area contributed by atoms with Gasteiger partial charge in [-0.05, 0) is 36.5 Å². The molecule has 0 aromatic heterocycles. The summed E-state index contributed by atoms with van der Waals surface area (Å²) in [5, 5.41) is 2.98. The molecule has 1 N–H and O–H groups in total. The fourth-order valence-electron chi connectivity index (χ4n) is 2.40. The molecule has 1 unspecified atom stereocenters. The molecule has 134 valence electrons. The van der Waals surface area contributed by atoms with Crippen LogP contribution in [0.15, 0.2) is 24.3 Å². The number of ether oxygens (including phenoxy) is 1. The Morgan fingerprint density at radius 2 is 1.88 bits per heavy atom. The van der Waals surface area contributed by atoms with Gasteiger partial charge in [-0.3, -0.25) is 4.79 Å². The lowest BCUT2D eigenvalue weighted by Crippen LogP contribution is -2.29. The third-order valence-corrected chi connectivity index (χ3v) is 4.00. The number of amides is 1. The Labute approximate surface area is 146 Å². The molecular formula is C20H31NO3. The van der Waals surface area contributed by atoms with Crippen LogP contribution in [0.1, 0.15) is 74.1 Å². The van der Waals surface area contributed by atoms with Crippen molar-refractivity contribution >= 4 is 11.9 Å². The van der Waals surface area contributed by atoms with Crippen LogP contribution in [0.2, 0.25) is 0 Å². The van der Waals surface area contributed by atoms with E-state index in [1.54, 1.807) is 24.3 Å². The number of benzene rings is 1. The average Bonchev–Trinajstić information content (AvgIpc) is 2.59. The number of carbonyl (C=O) groups is 2. The van der Waals surface area contributed by atoms with Gasteiger partial charge in [0.1, 0.15) is 0 Å². The van der Waals surface area contributed by atoms with E-state index in [1.165, 1.54) is 12.8 Å². The third-order valence-electron chi connectivity index (χ3n) is 4.00. The molecule has 0 radical (unpaired) electrons. The summed E-state index contributed by atoms with van der Waals surface area (Å²) in [6, 6.07) is 6.72. The van der Waals surface area contributed by atoms with Gasteiger partial charge in [0, 0.05) is 12.1 Å². The Kier molecular flexibility index (Phi) is 9.13. The fourth-order valence-corrected chi connectivity index (χ4v) is 2.40. The Morgan fingerprint density at radius 1 is 1.17 bits per heavy atom. The lowest BCUT2D eigenvalue weighted by Gasteiger charge is -2.15. The smallest absolute Gasteiger partial charge is 0.338 e. The molecule has 0 heterocycles. The number of hydrogen-bond acceptors (Lipinski definition) is 3. The van der Waals surface area contributed by atoms with Crippen LogP contribution >= 0.6 is 0 Å². The van der Waals surface area contributed by atoms with Crippen molar-refractivity contribution in [2.24, 2.45) is 11.8 Å². The van der Waals surface area contributed by atoms with Crippen molar-refractivity contribution in [2.75, 3.05) is 13.2 Å². The van der Waals surface area contributed by atoms with Crippen molar-refractivity contribution in [1.82, 2.24) is 5.32 Å². The van der Waals surface area contributed by atoms with Crippen LogP contribution in [0.25, 0.3) is 0 Å². The molecule has 24 heavy (non-hydrogen) atoms. The first-order chi connectivity index (χ1) is 11.5. The zero-order valence-electron chi connectivity index (χ0n) is 15.4. The fraction of sp³-hybridized carbons (Fsp3) is 0.600. The van der Waals surface area contributed by atoms with Gasteiger partial charge in [0.15, 0.2) is 0 Å². The summed E-state index contributed by atoms with van der Waals surface area (Å²) in [7, 11) is 0. The van der Waals surface area contributed by atoms with E-state index < -0.39 is 0 Å².